The largest absolute Gasteiger partial charge is 0.494 e. The molecule has 2 amide bonds. The van der Waals surface area contributed by atoms with Gasteiger partial charge in [-0.15, -0.1) is 0 Å². The van der Waals surface area contributed by atoms with E-state index in [9.17, 15) is 22.4 Å². The van der Waals surface area contributed by atoms with Gasteiger partial charge in [-0.3, -0.25) is 13.9 Å². The van der Waals surface area contributed by atoms with Crippen molar-refractivity contribution >= 4 is 27.5 Å². The lowest BCUT2D eigenvalue weighted by molar-refractivity contribution is -0.139. The van der Waals surface area contributed by atoms with Crippen molar-refractivity contribution in [1.29, 1.82) is 0 Å². The monoisotopic (exact) mass is 569 g/mol. The smallest absolute Gasteiger partial charge is 0.264 e. The van der Waals surface area contributed by atoms with E-state index in [2.05, 4.69) is 5.32 Å². The maximum Gasteiger partial charge on any atom is 0.264 e. The molecule has 0 spiro atoms. The average Bonchev–Trinajstić information content (AvgIpc) is 2.95. The number of carbonyl (C=O) groups excluding carboxylic acids is 2. The number of nitrogens with one attached hydrogen (secondary N) is 1. The number of halogens is 1. The Labute approximate surface area is 235 Å². The highest BCUT2D eigenvalue weighted by molar-refractivity contribution is 7.92. The zero-order valence-electron chi connectivity index (χ0n) is 23.2. The maximum atomic E-state index is 13.9. The van der Waals surface area contributed by atoms with Gasteiger partial charge in [0.25, 0.3) is 10.0 Å². The Morgan fingerprint density at radius 1 is 0.925 bits per heavy atom. The van der Waals surface area contributed by atoms with Gasteiger partial charge in [-0.1, -0.05) is 37.3 Å². The fraction of sp³-hybridized carbons (Fsp3) is 0.333. The first-order chi connectivity index (χ1) is 19.1. The lowest BCUT2D eigenvalue weighted by Crippen LogP contribution is -2.52. The molecular weight excluding hydrogens is 533 g/mol. The second kappa shape index (κ2) is 13.9. The fourth-order valence-electron chi connectivity index (χ4n) is 3.97. The minimum Gasteiger partial charge on any atom is -0.494 e. The van der Waals surface area contributed by atoms with Gasteiger partial charge in [0.2, 0.25) is 11.8 Å². The number of hydrogen-bond acceptors (Lipinski definition) is 5. The minimum absolute atomic E-state index is 0.0646. The van der Waals surface area contributed by atoms with Gasteiger partial charge in [-0.25, -0.2) is 12.8 Å². The molecule has 0 radical (unpaired) electrons. The Hall–Kier alpha value is -3.92. The number of sulfonamides is 1. The standard InChI is InChI=1S/C30H36FN3O5S/c1-5-22(3)32-30(36)23(4)33(20-24-10-8-7-9-11-24)29(35)21-34(26-14-12-25(31)13-15-26)40(37,38)28-18-16-27(17-19-28)39-6-2/h7-19,22-23H,5-6,20-21H2,1-4H3,(H,32,36). The highest BCUT2D eigenvalue weighted by Gasteiger charge is 2.32. The molecule has 0 aliphatic rings. The van der Waals surface area contributed by atoms with Crippen LogP contribution in [0.5, 0.6) is 5.75 Å². The van der Waals surface area contributed by atoms with Gasteiger partial charge in [-0.2, -0.15) is 0 Å². The van der Waals surface area contributed by atoms with E-state index in [1.165, 1.54) is 41.3 Å². The highest BCUT2D eigenvalue weighted by atomic mass is 32.2. The van der Waals surface area contributed by atoms with Crippen molar-refractivity contribution in [3.05, 3.63) is 90.2 Å². The molecular formula is C30H36FN3O5S. The molecule has 3 aromatic carbocycles. The molecule has 0 aliphatic heterocycles. The molecule has 0 aliphatic carbocycles. The summed E-state index contributed by atoms with van der Waals surface area (Å²) >= 11 is 0. The zero-order chi connectivity index (χ0) is 29.3. The minimum atomic E-state index is -4.26. The average molecular weight is 570 g/mol. The molecule has 0 fully saturated rings. The van der Waals surface area contributed by atoms with E-state index in [4.69, 9.17) is 4.74 Å². The second-order valence-electron chi connectivity index (χ2n) is 9.39. The molecule has 2 atom stereocenters. The van der Waals surface area contributed by atoms with Crippen molar-refractivity contribution in [1.82, 2.24) is 10.2 Å². The van der Waals surface area contributed by atoms with Gasteiger partial charge in [-0.05, 0) is 81.3 Å². The van der Waals surface area contributed by atoms with Crippen LogP contribution in [0.4, 0.5) is 10.1 Å². The molecule has 3 aromatic rings. The molecule has 40 heavy (non-hydrogen) atoms. The van der Waals surface area contributed by atoms with Crippen LogP contribution in [0.1, 0.15) is 39.7 Å². The quantitative estimate of drug-likeness (QED) is 0.321. The van der Waals surface area contributed by atoms with E-state index in [-0.39, 0.29) is 29.1 Å². The Balaban J connectivity index is 2.00. The number of nitrogens with zero attached hydrogens (tertiary/aromatic N) is 2. The number of anilines is 1. The molecule has 10 heteroatoms. The molecule has 1 N–H and O–H groups in total. The molecule has 0 saturated heterocycles. The van der Waals surface area contributed by atoms with Gasteiger partial charge < -0.3 is 15.0 Å². The first-order valence-electron chi connectivity index (χ1n) is 13.2. The molecule has 2 unspecified atom stereocenters. The lowest BCUT2D eigenvalue weighted by Gasteiger charge is -2.32. The number of amides is 2. The first kappa shape index (κ1) is 30.6. The van der Waals surface area contributed by atoms with Crippen molar-refractivity contribution in [3.8, 4) is 5.75 Å². The van der Waals surface area contributed by atoms with Gasteiger partial charge in [0.15, 0.2) is 0 Å². The van der Waals surface area contributed by atoms with E-state index in [0.717, 1.165) is 22.0 Å². The van der Waals surface area contributed by atoms with Crippen molar-refractivity contribution in [3.63, 3.8) is 0 Å². The van der Waals surface area contributed by atoms with Gasteiger partial charge in [0.1, 0.15) is 24.2 Å². The SMILES string of the molecule is CCOc1ccc(S(=O)(=O)N(CC(=O)N(Cc2ccccc2)C(C)C(=O)NC(C)CC)c2ccc(F)cc2)cc1. The Bertz CT molecular complexity index is 1370. The van der Waals surface area contributed by atoms with E-state index in [1.807, 2.05) is 51.1 Å². The topological polar surface area (TPSA) is 96.0 Å². The van der Waals surface area contributed by atoms with E-state index < -0.39 is 34.3 Å². The number of benzene rings is 3. The van der Waals surface area contributed by atoms with Crippen molar-refractivity contribution in [2.75, 3.05) is 17.5 Å². The van der Waals surface area contributed by atoms with E-state index in [1.54, 1.807) is 6.92 Å². The molecule has 0 bridgehead atoms. The third-order valence-corrected chi connectivity index (χ3v) is 8.27. The van der Waals surface area contributed by atoms with Crippen LogP contribution in [0.2, 0.25) is 0 Å². The van der Waals surface area contributed by atoms with E-state index >= 15 is 0 Å². The van der Waals surface area contributed by atoms with Crippen LogP contribution in [0.15, 0.2) is 83.8 Å². The summed E-state index contributed by atoms with van der Waals surface area (Å²) in [4.78, 5) is 28.2. The molecule has 8 nitrogen and oxygen atoms in total. The number of ether oxygens (including phenoxy) is 1. The summed E-state index contributed by atoms with van der Waals surface area (Å²) in [7, 11) is -4.26. The zero-order valence-corrected chi connectivity index (χ0v) is 24.0. The highest BCUT2D eigenvalue weighted by Crippen LogP contribution is 2.26. The van der Waals surface area contributed by atoms with Crippen molar-refractivity contribution < 1.29 is 27.1 Å². The molecule has 3 rings (SSSR count). The van der Waals surface area contributed by atoms with Gasteiger partial charge in [0, 0.05) is 12.6 Å². The van der Waals surface area contributed by atoms with Gasteiger partial charge >= 0.3 is 0 Å². The summed E-state index contributed by atoms with van der Waals surface area (Å²) in [6, 6.07) is 18.9. The molecule has 214 valence electrons. The van der Waals surface area contributed by atoms with Crippen LogP contribution in [-0.4, -0.2) is 50.4 Å². The fourth-order valence-corrected chi connectivity index (χ4v) is 5.38. The summed E-state index contributed by atoms with van der Waals surface area (Å²) in [6.45, 7) is 7.15. The van der Waals surface area contributed by atoms with Crippen LogP contribution in [-0.2, 0) is 26.2 Å². The number of rotatable bonds is 13. The predicted molar refractivity (Wildman–Crippen MR) is 153 cm³/mol. The normalized spacial score (nSPS) is 12.7. The maximum absolute atomic E-state index is 13.9. The predicted octanol–water partition coefficient (Wildman–Crippen LogP) is 4.75. The summed E-state index contributed by atoms with van der Waals surface area (Å²) in [5.41, 5.74) is 0.891. The third kappa shape index (κ3) is 7.81. The van der Waals surface area contributed by atoms with Crippen LogP contribution >= 0.6 is 0 Å². The Kier molecular flexibility index (Phi) is 10.7. The summed E-state index contributed by atoms with van der Waals surface area (Å²) in [5.74, 6) is -0.980. The van der Waals surface area contributed by atoms with Crippen LogP contribution < -0.4 is 14.4 Å². The third-order valence-electron chi connectivity index (χ3n) is 6.48. The van der Waals surface area contributed by atoms with Crippen LogP contribution in [0.3, 0.4) is 0 Å². The molecule has 0 aromatic heterocycles. The molecule has 0 heterocycles. The lowest BCUT2D eigenvalue weighted by atomic mass is 10.1. The van der Waals surface area contributed by atoms with Crippen LogP contribution in [0.25, 0.3) is 0 Å². The Morgan fingerprint density at radius 3 is 2.12 bits per heavy atom. The number of carbonyl (C=O) groups is 2. The van der Waals surface area contributed by atoms with Crippen LogP contribution in [0, 0.1) is 5.82 Å². The van der Waals surface area contributed by atoms with E-state index in [0.29, 0.717) is 18.8 Å². The van der Waals surface area contributed by atoms with Crippen molar-refractivity contribution in [2.24, 2.45) is 0 Å². The second-order valence-corrected chi connectivity index (χ2v) is 11.3. The molecule has 0 saturated carbocycles. The summed E-state index contributed by atoms with van der Waals surface area (Å²) in [6.07, 6.45) is 0.712. The summed E-state index contributed by atoms with van der Waals surface area (Å²) in [5, 5.41) is 2.90. The first-order valence-corrected chi connectivity index (χ1v) is 14.7. The number of hydrogen-bond donors (Lipinski definition) is 1. The van der Waals surface area contributed by atoms with Crippen molar-refractivity contribution in [2.45, 2.75) is 57.6 Å². The van der Waals surface area contributed by atoms with Gasteiger partial charge in [0.05, 0.1) is 17.2 Å². The summed E-state index contributed by atoms with van der Waals surface area (Å²) < 4.78 is 47.8. The Morgan fingerprint density at radius 2 is 1.55 bits per heavy atom.